The van der Waals surface area contributed by atoms with Crippen LogP contribution in [0.25, 0.3) is 0 Å². The van der Waals surface area contributed by atoms with Gasteiger partial charge in [0.05, 0.1) is 0 Å². The number of aromatic nitrogens is 2. The van der Waals surface area contributed by atoms with Gasteiger partial charge in [-0.15, -0.1) is 17.8 Å². The minimum absolute atomic E-state index is 0. The van der Waals surface area contributed by atoms with Crippen molar-refractivity contribution in [1.82, 2.24) is 9.78 Å². The minimum Gasteiger partial charge on any atom is -0.379 e. The molecule has 2 nitrogen and oxygen atoms in total. The molecule has 18 heavy (non-hydrogen) atoms. The molecule has 92 valence electrons. The molecule has 1 aromatic carbocycles. The quantitative estimate of drug-likeness (QED) is 0.514. The van der Waals surface area contributed by atoms with Crippen molar-refractivity contribution in [3.05, 3.63) is 53.3 Å². The van der Waals surface area contributed by atoms with Crippen molar-refractivity contribution in [2.24, 2.45) is 7.05 Å². The second kappa shape index (κ2) is 8.51. The second-order valence-electron chi connectivity index (χ2n) is 4.75. The number of benzene rings is 1. The molecule has 0 radical (unpaired) electrons. The first-order valence-electron chi connectivity index (χ1n) is 5.43. The Balaban J connectivity index is 0.000000321. The first-order chi connectivity index (χ1) is 7.89. The summed E-state index contributed by atoms with van der Waals surface area (Å²) in [6, 6.07) is 11.9. The molecule has 2 aromatic rings. The smallest absolute Gasteiger partial charge is 0.379 e. The zero-order valence-corrected chi connectivity index (χ0v) is 15.5. The average Bonchev–Trinajstić information content (AvgIpc) is 2.66. The Morgan fingerprint density at radius 3 is 2.00 bits per heavy atom. The van der Waals surface area contributed by atoms with Crippen LogP contribution in [0, 0.1) is 12.3 Å². The van der Waals surface area contributed by atoms with Crippen LogP contribution in [-0.4, -0.2) is 9.78 Å². The van der Waals surface area contributed by atoms with Gasteiger partial charge in [0.15, 0.2) is 0 Å². The van der Waals surface area contributed by atoms with Crippen LogP contribution < -0.4 is 51.4 Å². The van der Waals surface area contributed by atoms with Gasteiger partial charge in [-0.25, -0.2) is 0 Å². The van der Waals surface area contributed by atoms with Crippen molar-refractivity contribution in [1.29, 1.82) is 0 Å². The van der Waals surface area contributed by atoms with Gasteiger partial charge in [0.25, 0.3) is 0 Å². The average molecular weight is 288 g/mol. The van der Waals surface area contributed by atoms with E-state index in [1.165, 1.54) is 0 Å². The van der Waals surface area contributed by atoms with Crippen LogP contribution in [0.1, 0.15) is 26.5 Å². The first-order valence-corrected chi connectivity index (χ1v) is 5.81. The van der Waals surface area contributed by atoms with E-state index >= 15 is 0 Å². The molecule has 0 aliphatic carbocycles. The molecule has 0 unspecified atom stereocenters. The van der Waals surface area contributed by atoms with Gasteiger partial charge in [0, 0.05) is 7.05 Å². The Labute approximate surface area is 157 Å². The Kier molecular flexibility index (Phi) is 8.68. The maximum atomic E-state index is 5.52. The van der Waals surface area contributed by atoms with Crippen LogP contribution in [-0.2, 0) is 12.5 Å². The second-order valence-corrected chi connectivity index (χ2v) is 5.19. The first kappa shape index (κ1) is 18.4. The van der Waals surface area contributed by atoms with Crippen LogP contribution >= 0.6 is 11.6 Å². The number of hydrogen-bond acceptors (Lipinski definition) is 1. The number of aryl methyl sites for hydroxylation is 1. The molecular weight excluding hydrogens is 271 g/mol. The maximum Gasteiger partial charge on any atom is 1.00 e. The molecule has 0 aliphatic heterocycles. The Morgan fingerprint density at radius 1 is 1.22 bits per heavy atom. The molecule has 4 heteroatoms. The van der Waals surface area contributed by atoms with Gasteiger partial charge in [-0.05, 0) is 0 Å². The van der Waals surface area contributed by atoms with Gasteiger partial charge in [-0.3, -0.25) is 5.10 Å². The van der Waals surface area contributed by atoms with E-state index in [1.807, 2.05) is 13.1 Å². The van der Waals surface area contributed by atoms with E-state index in [0.29, 0.717) is 0 Å². The van der Waals surface area contributed by atoms with Gasteiger partial charge in [-0.1, -0.05) is 36.9 Å². The van der Waals surface area contributed by atoms with E-state index < -0.39 is 0 Å². The third-order valence-corrected chi connectivity index (χ3v) is 2.34. The van der Waals surface area contributed by atoms with E-state index in [0.717, 1.165) is 10.7 Å². The minimum atomic E-state index is 0. The van der Waals surface area contributed by atoms with Gasteiger partial charge < -0.3 is 4.68 Å². The van der Waals surface area contributed by atoms with Crippen molar-refractivity contribution in [3.8, 4) is 0 Å². The van der Waals surface area contributed by atoms with E-state index in [4.69, 9.17) is 11.6 Å². The summed E-state index contributed by atoms with van der Waals surface area (Å²) in [5.41, 5.74) is 1.24. The van der Waals surface area contributed by atoms with Crippen molar-refractivity contribution in [2.45, 2.75) is 26.2 Å². The SMILES string of the molecule is Clc1cc[c-]cc1.Cn1[c-]cc(C(C)(C)C)n1.[K+]. The van der Waals surface area contributed by atoms with Gasteiger partial charge in [0.1, 0.15) is 0 Å². The summed E-state index contributed by atoms with van der Waals surface area (Å²) in [5, 5.41) is 5.01. The van der Waals surface area contributed by atoms with Crippen molar-refractivity contribution in [3.63, 3.8) is 0 Å². The Bertz CT molecular complexity index is 446. The molecule has 0 aliphatic rings. The van der Waals surface area contributed by atoms with Crippen molar-refractivity contribution < 1.29 is 51.4 Å². The van der Waals surface area contributed by atoms with Gasteiger partial charge in [-0.2, -0.15) is 36.4 Å². The van der Waals surface area contributed by atoms with Gasteiger partial charge in [0.2, 0.25) is 0 Å². The predicted molar refractivity (Wildman–Crippen MR) is 71.0 cm³/mol. The molecule has 1 heterocycles. The molecule has 0 saturated heterocycles. The molecule has 0 bridgehead atoms. The number of nitrogens with zero attached hydrogens (tertiary/aromatic N) is 2. The standard InChI is InChI=1S/C8H13N2.C6H4Cl.K/c1-8(2,3)7-5-6-10(4)9-7;7-6-4-2-1-3-5-6;/h5H,1-4H3;2-5H;/q2*-1;+1. The summed E-state index contributed by atoms with van der Waals surface area (Å²) in [7, 11) is 1.88. The number of halogens is 1. The zero-order valence-electron chi connectivity index (χ0n) is 11.7. The Hall–Kier alpha value is 0.356. The summed E-state index contributed by atoms with van der Waals surface area (Å²) in [6.07, 6.45) is 2.98. The van der Waals surface area contributed by atoms with Gasteiger partial charge >= 0.3 is 51.4 Å². The Morgan fingerprint density at radius 2 is 1.78 bits per heavy atom. The molecule has 2 rings (SSSR count). The molecule has 0 spiro atoms. The summed E-state index contributed by atoms with van der Waals surface area (Å²) in [5.74, 6) is 0. The van der Waals surface area contributed by atoms with Crippen LogP contribution in [0.2, 0.25) is 5.02 Å². The summed E-state index contributed by atoms with van der Waals surface area (Å²) in [6.45, 7) is 6.43. The fraction of sp³-hybridized carbons (Fsp3) is 0.357. The third-order valence-electron chi connectivity index (χ3n) is 2.09. The summed E-state index contributed by atoms with van der Waals surface area (Å²) >= 11 is 5.52. The van der Waals surface area contributed by atoms with E-state index in [2.05, 4.69) is 38.1 Å². The van der Waals surface area contributed by atoms with E-state index in [9.17, 15) is 0 Å². The maximum absolute atomic E-state index is 5.52. The number of rotatable bonds is 0. The van der Waals surface area contributed by atoms with Crippen LogP contribution in [0.3, 0.4) is 0 Å². The molecular formula is C14H17ClKN2-. The van der Waals surface area contributed by atoms with Crippen molar-refractivity contribution in [2.75, 3.05) is 0 Å². The molecule has 1 aromatic heterocycles. The zero-order chi connectivity index (χ0) is 12.9. The molecule has 0 atom stereocenters. The summed E-state index contributed by atoms with van der Waals surface area (Å²) in [4.78, 5) is 0. The summed E-state index contributed by atoms with van der Waals surface area (Å²) < 4.78 is 1.71. The molecule has 0 fully saturated rings. The van der Waals surface area contributed by atoms with Crippen LogP contribution in [0.4, 0.5) is 0 Å². The monoisotopic (exact) mass is 287 g/mol. The van der Waals surface area contributed by atoms with E-state index in [-0.39, 0.29) is 56.8 Å². The molecule has 0 N–H and O–H groups in total. The van der Waals surface area contributed by atoms with Crippen LogP contribution in [0.15, 0.2) is 30.3 Å². The topological polar surface area (TPSA) is 17.8 Å². The largest absolute Gasteiger partial charge is 1.00 e. The van der Waals surface area contributed by atoms with Crippen molar-refractivity contribution >= 4 is 11.6 Å². The fourth-order valence-electron chi connectivity index (χ4n) is 1.11. The molecule has 0 amide bonds. The number of hydrogen-bond donors (Lipinski definition) is 0. The predicted octanol–water partition coefficient (Wildman–Crippen LogP) is 0.662. The fourth-order valence-corrected chi connectivity index (χ4v) is 1.23. The molecule has 0 saturated carbocycles. The van der Waals surface area contributed by atoms with E-state index in [1.54, 1.807) is 28.9 Å². The normalized spacial score (nSPS) is 10.1. The third kappa shape index (κ3) is 7.07. The van der Waals surface area contributed by atoms with Crippen LogP contribution in [0.5, 0.6) is 0 Å².